The Morgan fingerprint density at radius 1 is 0.800 bits per heavy atom. The third kappa shape index (κ3) is 5.56. The Balaban J connectivity index is 1.77. The quantitative estimate of drug-likeness (QED) is 0.220. The van der Waals surface area contributed by atoms with Crippen LogP contribution >= 0.6 is 0 Å². The van der Waals surface area contributed by atoms with E-state index < -0.39 is 11.8 Å². The maximum Gasteiger partial charge on any atom is 0.287 e. The fourth-order valence-electron chi connectivity index (χ4n) is 2.50. The lowest BCUT2D eigenvalue weighted by atomic mass is 10.1. The molecule has 4 N–H and O–H groups in total. The highest BCUT2D eigenvalue weighted by molar-refractivity contribution is 6.05. The summed E-state index contributed by atoms with van der Waals surface area (Å²) < 4.78 is 0. The Hall–Kier alpha value is -4.39. The van der Waals surface area contributed by atoms with E-state index in [4.69, 9.17) is 0 Å². The van der Waals surface area contributed by atoms with E-state index >= 15 is 0 Å². The molecule has 0 aliphatic carbocycles. The van der Waals surface area contributed by atoms with Crippen LogP contribution in [0.1, 0.15) is 21.5 Å². The Morgan fingerprint density at radius 3 is 2.13 bits per heavy atom. The molecule has 3 rings (SSSR count). The summed E-state index contributed by atoms with van der Waals surface area (Å²) in [5.74, 6) is -1.61. The number of nitrogens with zero attached hydrogens (tertiary/aromatic N) is 1. The highest BCUT2D eigenvalue weighted by Gasteiger charge is 2.14. The SMILES string of the molecule is O=C(NN=Cc1ccc(O)c(O)c1)/C(=C/c1ccccc1)NC(=O)c1ccccc1. The van der Waals surface area contributed by atoms with Crippen LogP contribution in [-0.2, 0) is 4.79 Å². The molecule has 2 amide bonds. The third-order valence-electron chi connectivity index (χ3n) is 4.02. The van der Waals surface area contributed by atoms with Gasteiger partial charge in [-0.2, -0.15) is 5.10 Å². The van der Waals surface area contributed by atoms with Gasteiger partial charge >= 0.3 is 0 Å². The summed E-state index contributed by atoms with van der Waals surface area (Å²) in [5.41, 5.74) is 3.96. The molecule has 0 heterocycles. The number of hydrogen-bond acceptors (Lipinski definition) is 5. The second-order valence-electron chi connectivity index (χ2n) is 6.24. The fourth-order valence-corrected chi connectivity index (χ4v) is 2.50. The number of amides is 2. The van der Waals surface area contributed by atoms with Crippen molar-refractivity contribution in [2.75, 3.05) is 0 Å². The molecule has 7 heteroatoms. The van der Waals surface area contributed by atoms with Crippen LogP contribution in [0.4, 0.5) is 0 Å². The van der Waals surface area contributed by atoms with Gasteiger partial charge in [-0.05, 0) is 47.5 Å². The Bertz CT molecular complexity index is 1090. The van der Waals surface area contributed by atoms with Crippen LogP contribution in [0.5, 0.6) is 11.5 Å². The average Bonchev–Trinajstić information content (AvgIpc) is 2.77. The summed E-state index contributed by atoms with van der Waals surface area (Å²) in [5, 5.41) is 25.3. The molecule has 30 heavy (non-hydrogen) atoms. The van der Waals surface area contributed by atoms with Crippen molar-refractivity contribution in [2.24, 2.45) is 5.10 Å². The van der Waals surface area contributed by atoms with Gasteiger partial charge in [0.25, 0.3) is 11.8 Å². The number of carbonyl (C=O) groups is 2. The predicted octanol–water partition coefficient (Wildman–Crippen LogP) is 3.02. The number of carbonyl (C=O) groups excluding carboxylic acids is 2. The molecule has 0 fully saturated rings. The highest BCUT2D eigenvalue weighted by atomic mass is 16.3. The molecule has 7 nitrogen and oxygen atoms in total. The van der Waals surface area contributed by atoms with Crippen LogP contribution in [0.15, 0.2) is 89.7 Å². The topological polar surface area (TPSA) is 111 Å². The van der Waals surface area contributed by atoms with Gasteiger partial charge in [-0.25, -0.2) is 5.43 Å². The van der Waals surface area contributed by atoms with Crippen molar-refractivity contribution in [1.29, 1.82) is 0 Å². The Labute approximate surface area is 173 Å². The first-order chi connectivity index (χ1) is 14.5. The van der Waals surface area contributed by atoms with Crippen molar-refractivity contribution in [3.05, 3.63) is 101 Å². The summed E-state index contributed by atoms with van der Waals surface area (Å²) in [6.45, 7) is 0. The van der Waals surface area contributed by atoms with E-state index in [1.54, 1.807) is 42.5 Å². The Kier molecular flexibility index (Phi) is 6.58. The van der Waals surface area contributed by atoms with Gasteiger partial charge in [-0.1, -0.05) is 48.5 Å². The number of hydrazone groups is 1. The van der Waals surface area contributed by atoms with E-state index in [1.807, 2.05) is 18.2 Å². The van der Waals surface area contributed by atoms with E-state index in [-0.39, 0.29) is 17.2 Å². The molecule has 0 radical (unpaired) electrons. The van der Waals surface area contributed by atoms with Crippen molar-refractivity contribution in [2.45, 2.75) is 0 Å². The normalized spacial score (nSPS) is 11.3. The lowest BCUT2D eigenvalue weighted by molar-refractivity contribution is -0.117. The molecule has 0 aromatic heterocycles. The maximum absolute atomic E-state index is 12.6. The number of nitrogens with one attached hydrogen (secondary N) is 2. The number of rotatable bonds is 6. The van der Waals surface area contributed by atoms with Gasteiger partial charge in [0.05, 0.1) is 6.21 Å². The van der Waals surface area contributed by atoms with E-state index in [0.29, 0.717) is 11.1 Å². The van der Waals surface area contributed by atoms with Gasteiger partial charge in [0.15, 0.2) is 11.5 Å². The minimum absolute atomic E-state index is 0.0146. The molecule has 0 unspecified atom stereocenters. The van der Waals surface area contributed by atoms with Crippen molar-refractivity contribution in [3.8, 4) is 11.5 Å². The van der Waals surface area contributed by atoms with E-state index in [0.717, 1.165) is 5.56 Å². The van der Waals surface area contributed by atoms with Gasteiger partial charge < -0.3 is 15.5 Å². The first kappa shape index (κ1) is 20.3. The number of aromatic hydroxyl groups is 2. The molecule has 150 valence electrons. The predicted molar refractivity (Wildman–Crippen MR) is 114 cm³/mol. The number of hydrogen-bond donors (Lipinski definition) is 4. The molecule has 0 saturated heterocycles. The van der Waals surface area contributed by atoms with Crippen LogP contribution in [-0.4, -0.2) is 28.2 Å². The third-order valence-corrected chi connectivity index (χ3v) is 4.02. The van der Waals surface area contributed by atoms with E-state index in [2.05, 4.69) is 15.8 Å². The molecule has 0 aliphatic heterocycles. The summed E-state index contributed by atoms with van der Waals surface area (Å²) in [6.07, 6.45) is 2.84. The number of benzene rings is 3. The summed E-state index contributed by atoms with van der Waals surface area (Å²) in [7, 11) is 0. The van der Waals surface area contributed by atoms with Crippen LogP contribution in [0.2, 0.25) is 0 Å². The van der Waals surface area contributed by atoms with Crippen LogP contribution in [0, 0.1) is 0 Å². The first-order valence-electron chi connectivity index (χ1n) is 9.01. The minimum Gasteiger partial charge on any atom is -0.504 e. The highest BCUT2D eigenvalue weighted by Crippen LogP contribution is 2.23. The summed E-state index contributed by atoms with van der Waals surface area (Å²) in [6, 6.07) is 21.7. The van der Waals surface area contributed by atoms with Gasteiger partial charge in [-0.3, -0.25) is 9.59 Å². The molecule has 0 aliphatic rings. The lowest BCUT2D eigenvalue weighted by Crippen LogP contribution is -2.32. The largest absolute Gasteiger partial charge is 0.504 e. The van der Waals surface area contributed by atoms with Crippen LogP contribution < -0.4 is 10.7 Å². The molecule has 3 aromatic carbocycles. The lowest BCUT2D eigenvalue weighted by Gasteiger charge is -2.09. The van der Waals surface area contributed by atoms with Gasteiger partial charge in [0, 0.05) is 5.56 Å². The van der Waals surface area contributed by atoms with E-state index in [9.17, 15) is 19.8 Å². The molecule has 3 aromatic rings. The van der Waals surface area contributed by atoms with Gasteiger partial charge in [0.1, 0.15) is 5.70 Å². The van der Waals surface area contributed by atoms with Crippen LogP contribution in [0.25, 0.3) is 6.08 Å². The molecule has 0 bridgehead atoms. The Morgan fingerprint density at radius 2 is 1.47 bits per heavy atom. The van der Waals surface area contributed by atoms with Gasteiger partial charge in [0.2, 0.25) is 0 Å². The second-order valence-corrected chi connectivity index (χ2v) is 6.24. The first-order valence-corrected chi connectivity index (χ1v) is 9.01. The van der Waals surface area contributed by atoms with Crippen molar-refractivity contribution in [1.82, 2.24) is 10.7 Å². The monoisotopic (exact) mass is 401 g/mol. The van der Waals surface area contributed by atoms with E-state index in [1.165, 1.54) is 30.5 Å². The number of phenols is 2. The van der Waals surface area contributed by atoms with Crippen molar-refractivity contribution < 1.29 is 19.8 Å². The maximum atomic E-state index is 12.6. The minimum atomic E-state index is -0.623. The fraction of sp³-hybridized carbons (Fsp3) is 0. The molecule has 0 atom stereocenters. The summed E-state index contributed by atoms with van der Waals surface area (Å²) >= 11 is 0. The van der Waals surface area contributed by atoms with Crippen LogP contribution in [0.3, 0.4) is 0 Å². The standard InChI is InChI=1S/C23H19N3O4/c27-20-12-11-17(14-21(20)28)15-24-26-23(30)19(13-16-7-3-1-4-8-16)25-22(29)18-9-5-2-6-10-18/h1-15,27-28H,(H,25,29)(H,26,30)/b19-13-,24-15?. The molecular weight excluding hydrogens is 382 g/mol. The smallest absolute Gasteiger partial charge is 0.287 e. The average molecular weight is 401 g/mol. The zero-order valence-corrected chi connectivity index (χ0v) is 15.8. The van der Waals surface area contributed by atoms with Crippen molar-refractivity contribution >= 4 is 24.1 Å². The van der Waals surface area contributed by atoms with Crippen molar-refractivity contribution in [3.63, 3.8) is 0 Å². The van der Waals surface area contributed by atoms with Gasteiger partial charge in [-0.15, -0.1) is 0 Å². The zero-order chi connectivity index (χ0) is 21.3. The second kappa shape index (κ2) is 9.70. The molecule has 0 saturated carbocycles. The number of phenolic OH excluding ortho intramolecular Hbond substituents is 2. The molecular formula is C23H19N3O4. The summed E-state index contributed by atoms with van der Waals surface area (Å²) in [4.78, 5) is 25.1. The zero-order valence-electron chi connectivity index (χ0n) is 15.8. The molecule has 0 spiro atoms.